The maximum absolute atomic E-state index is 11.1. The van der Waals surface area contributed by atoms with E-state index < -0.39 is 5.97 Å². The van der Waals surface area contributed by atoms with Gasteiger partial charge in [-0.3, -0.25) is 4.98 Å². The fourth-order valence-corrected chi connectivity index (χ4v) is 2.37. The molecule has 0 spiro atoms. The molecule has 0 fully saturated rings. The molecule has 21 heavy (non-hydrogen) atoms. The van der Waals surface area contributed by atoms with Crippen molar-refractivity contribution in [3.05, 3.63) is 47.1 Å². The maximum Gasteiger partial charge on any atom is 0.375 e. The highest BCUT2D eigenvalue weighted by molar-refractivity contribution is 6.35. The van der Waals surface area contributed by atoms with Crippen LogP contribution in [0.2, 0.25) is 5.02 Å². The first-order chi connectivity index (χ1) is 10.1. The molecule has 0 atom stereocenters. The standard InChI is InChI=1S/C14H11ClN4O2/c1-2-11-17-13(14(20)21)18-19(11)10-6-5-9(15)8-4-3-7-16-12(8)10/h3-7H,2H2,1H3,(H,20,21). The second-order valence-electron chi connectivity index (χ2n) is 4.39. The largest absolute Gasteiger partial charge is 0.475 e. The lowest BCUT2D eigenvalue weighted by Gasteiger charge is -2.08. The van der Waals surface area contributed by atoms with Gasteiger partial charge < -0.3 is 5.11 Å². The average molecular weight is 303 g/mol. The van der Waals surface area contributed by atoms with Crippen LogP contribution in [0.15, 0.2) is 30.5 Å². The Morgan fingerprint density at radius 2 is 2.19 bits per heavy atom. The van der Waals surface area contributed by atoms with Crippen LogP contribution in [0, 0.1) is 0 Å². The monoisotopic (exact) mass is 302 g/mol. The van der Waals surface area contributed by atoms with Gasteiger partial charge in [0.1, 0.15) is 5.82 Å². The van der Waals surface area contributed by atoms with E-state index in [0.29, 0.717) is 28.5 Å². The van der Waals surface area contributed by atoms with Gasteiger partial charge in [0.25, 0.3) is 5.82 Å². The lowest BCUT2D eigenvalue weighted by molar-refractivity contribution is 0.0683. The summed E-state index contributed by atoms with van der Waals surface area (Å²) in [6.07, 6.45) is 2.21. The summed E-state index contributed by atoms with van der Waals surface area (Å²) in [7, 11) is 0. The molecular formula is C14H11ClN4O2. The van der Waals surface area contributed by atoms with Gasteiger partial charge in [-0.1, -0.05) is 18.5 Å². The van der Waals surface area contributed by atoms with Crippen LogP contribution in [0.5, 0.6) is 0 Å². The van der Waals surface area contributed by atoms with Crippen molar-refractivity contribution < 1.29 is 9.90 Å². The van der Waals surface area contributed by atoms with Gasteiger partial charge >= 0.3 is 5.97 Å². The molecule has 106 valence electrons. The van der Waals surface area contributed by atoms with E-state index in [9.17, 15) is 4.79 Å². The van der Waals surface area contributed by atoms with Gasteiger partial charge in [-0.2, -0.15) is 0 Å². The van der Waals surface area contributed by atoms with Crippen LogP contribution >= 0.6 is 11.6 Å². The zero-order chi connectivity index (χ0) is 15.0. The molecule has 0 aliphatic rings. The Labute approximate surface area is 125 Å². The highest BCUT2D eigenvalue weighted by atomic mass is 35.5. The molecule has 7 heteroatoms. The Balaban J connectivity index is 2.30. The van der Waals surface area contributed by atoms with Gasteiger partial charge in [0.05, 0.1) is 16.2 Å². The second-order valence-corrected chi connectivity index (χ2v) is 4.80. The van der Waals surface area contributed by atoms with E-state index in [0.717, 1.165) is 5.39 Å². The van der Waals surface area contributed by atoms with E-state index in [1.807, 2.05) is 13.0 Å². The number of carboxylic acids is 1. The lowest BCUT2D eigenvalue weighted by Crippen LogP contribution is -2.04. The predicted octanol–water partition coefficient (Wildman–Crippen LogP) is 2.73. The number of rotatable bonds is 3. The van der Waals surface area contributed by atoms with E-state index in [4.69, 9.17) is 16.7 Å². The van der Waals surface area contributed by atoms with Crippen molar-refractivity contribution in [1.29, 1.82) is 0 Å². The van der Waals surface area contributed by atoms with Crippen molar-refractivity contribution in [2.24, 2.45) is 0 Å². The van der Waals surface area contributed by atoms with Crippen molar-refractivity contribution in [3.8, 4) is 5.69 Å². The van der Waals surface area contributed by atoms with E-state index in [-0.39, 0.29) is 5.82 Å². The number of fused-ring (bicyclic) bond motifs is 1. The molecule has 0 aliphatic carbocycles. The van der Waals surface area contributed by atoms with Crippen molar-refractivity contribution in [2.75, 3.05) is 0 Å². The summed E-state index contributed by atoms with van der Waals surface area (Å²) >= 11 is 6.17. The van der Waals surface area contributed by atoms with Crippen LogP contribution in [0.25, 0.3) is 16.6 Å². The van der Waals surface area contributed by atoms with Crippen molar-refractivity contribution >= 4 is 28.5 Å². The van der Waals surface area contributed by atoms with E-state index in [2.05, 4.69) is 15.1 Å². The Kier molecular flexibility index (Phi) is 3.31. The smallest absolute Gasteiger partial charge is 0.375 e. The molecular weight excluding hydrogens is 292 g/mol. The van der Waals surface area contributed by atoms with Gasteiger partial charge in [0.15, 0.2) is 0 Å². The third kappa shape index (κ3) is 2.23. The number of hydrogen-bond donors (Lipinski definition) is 1. The van der Waals surface area contributed by atoms with Gasteiger partial charge in [0, 0.05) is 18.0 Å². The number of nitrogens with zero attached hydrogens (tertiary/aromatic N) is 4. The fourth-order valence-electron chi connectivity index (χ4n) is 2.15. The highest BCUT2D eigenvalue weighted by Crippen LogP contribution is 2.27. The van der Waals surface area contributed by atoms with Crippen LogP contribution in [-0.4, -0.2) is 30.8 Å². The summed E-state index contributed by atoms with van der Waals surface area (Å²) in [4.78, 5) is 19.4. The Morgan fingerprint density at radius 3 is 2.90 bits per heavy atom. The van der Waals surface area contributed by atoms with Gasteiger partial charge in [-0.05, 0) is 24.3 Å². The molecule has 0 amide bonds. The number of carboxylic acid groups (broad SMARTS) is 1. The van der Waals surface area contributed by atoms with Gasteiger partial charge in [-0.15, -0.1) is 5.10 Å². The van der Waals surface area contributed by atoms with Crippen LogP contribution in [0.3, 0.4) is 0 Å². The summed E-state index contributed by atoms with van der Waals surface area (Å²) in [6.45, 7) is 1.89. The summed E-state index contributed by atoms with van der Waals surface area (Å²) < 4.78 is 1.51. The summed E-state index contributed by atoms with van der Waals surface area (Å²) in [6, 6.07) is 7.15. The molecule has 2 aromatic heterocycles. The Hall–Kier alpha value is -2.47. The molecule has 0 radical (unpaired) electrons. The van der Waals surface area contributed by atoms with Crippen LogP contribution in [-0.2, 0) is 6.42 Å². The predicted molar refractivity (Wildman–Crippen MR) is 78.0 cm³/mol. The quantitative estimate of drug-likeness (QED) is 0.804. The minimum atomic E-state index is -1.16. The average Bonchev–Trinajstić information content (AvgIpc) is 2.92. The molecule has 3 aromatic rings. The number of aryl methyl sites for hydroxylation is 1. The SMILES string of the molecule is CCc1nc(C(=O)O)nn1-c1ccc(Cl)c2cccnc12. The van der Waals surface area contributed by atoms with Crippen LogP contribution in [0.4, 0.5) is 0 Å². The molecule has 0 aliphatic heterocycles. The van der Waals surface area contributed by atoms with E-state index in [1.165, 1.54) is 4.68 Å². The molecule has 1 N–H and O–H groups in total. The molecule has 0 saturated carbocycles. The number of pyridine rings is 1. The third-order valence-electron chi connectivity index (χ3n) is 3.11. The topological polar surface area (TPSA) is 80.9 Å². The lowest BCUT2D eigenvalue weighted by atomic mass is 10.2. The summed E-state index contributed by atoms with van der Waals surface area (Å²) in [5, 5.41) is 14.5. The van der Waals surface area contributed by atoms with Crippen molar-refractivity contribution in [3.63, 3.8) is 0 Å². The molecule has 6 nitrogen and oxygen atoms in total. The molecule has 2 heterocycles. The molecule has 1 aromatic carbocycles. The van der Waals surface area contributed by atoms with Crippen LogP contribution < -0.4 is 0 Å². The molecule has 0 unspecified atom stereocenters. The minimum absolute atomic E-state index is 0.231. The number of benzene rings is 1. The number of carbonyl (C=O) groups is 1. The number of halogens is 1. The molecule has 0 saturated heterocycles. The molecule has 3 rings (SSSR count). The first-order valence-electron chi connectivity index (χ1n) is 6.34. The Bertz CT molecular complexity index is 844. The number of hydrogen-bond acceptors (Lipinski definition) is 4. The molecule has 0 bridgehead atoms. The van der Waals surface area contributed by atoms with Crippen LogP contribution in [0.1, 0.15) is 23.4 Å². The zero-order valence-electron chi connectivity index (χ0n) is 11.1. The number of aromatic nitrogens is 4. The summed E-state index contributed by atoms with van der Waals surface area (Å²) in [5.74, 6) is -0.831. The third-order valence-corrected chi connectivity index (χ3v) is 3.43. The Morgan fingerprint density at radius 1 is 1.38 bits per heavy atom. The fraction of sp³-hybridized carbons (Fsp3) is 0.143. The maximum atomic E-state index is 11.1. The van der Waals surface area contributed by atoms with Crippen molar-refractivity contribution in [2.45, 2.75) is 13.3 Å². The van der Waals surface area contributed by atoms with E-state index >= 15 is 0 Å². The van der Waals surface area contributed by atoms with E-state index in [1.54, 1.807) is 24.4 Å². The van der Waals surface area contributed by atoms with Gasteiger partial charge in [0.2, 0.25) is 0 Å². The minimum Gasteiger partial charge on any atom is -0.475 e. The first-order valence-corrected chi connectivity index (χ1v) is 6.72. The first kappa shape index (κ1) is 13.5. The highest BCUT2D eigenvalue weighted by Gasteiger charge is 2.17. The second kappa shape index (κ2) is 5.14. The summed E-state index contributed by atoms with van der Waals surface area (Å²) in [5.41, 5.74) is 1.31. The number of aromatic carboxylic acids is 1. The van der Waals surface area contributed by atoms with Crippen molar-refractivity contribution in [1.82, 2.24) is 19.7 Å². The normalized spacial score (nSPS) is 11.0. The van der Waals surface area contributed by atoms with Gasteiger partial charge in [-0.25, -0.2) is 14.5 Å². The zero-order valence-corrected chi connectivity index (χ0v) is 11.9.